The molecule has 1 heterocycles. The van der Waals surface area contributed by atoms with Crippen molar-refractivity contribution in [2.24, 2.45) is 11.3 Å². The Morgan fingerprint density at radius 1 is 1.29 bits per heavy atom. The number of likely N-dealkylation sites (tertiary alicyclic amines) is 1. The van der Waals surface area contributed by atoms with Gasteiger partial charge < -0.3 is 4.90 Å². The normalized spacial score (nSPS) is 36.2. The van der Waals surface area contributed by atoms with Crippen LogP contribution in [0.2, 0.25) is 0 Å². The van der Waals surface area contributed by atoms with E-state index in [-0.39, 0.29) is 0 Å². The summed E-state index contributed by atoms with van der Waals surface area (Å²) in [4.78, 5) is 5.04. The minimum atomic E-state index is 0.660. The van der Waals surface area contributed by atoms with E-state index < -0.39 is 0 Å². The molecule has 0 amide bonds. The third-order valence-corrected chi connectivity index (χ3v) is 4.22. The second-order valence-electron chi connectivity index (χ2n) is 5.95. The molecule has 2 aliphatic rings. The molecule has 14 heavy (non-hydrogen) atoms. The van der Waals surface area contributed by atoms with Gasteiger partial charge in [0, 0.05) is 30.6 Å². The van der Waals surface area contributed by atoms with Crippen LogP contribution in [-0.4, -0.2) is 49.1 Å². The second-order valence-corrected chi connectivity index (χ2v) is 5.95. The maximum Gasteiger partial charge on any atom is 0.0196 e. The molecule has 2 unspecified atom stereocenters. The number of rotatable bonds is 2. The van der Waals surface area contributed by atoms with E-state index in [1.807, 2.05) is 0 Å². The van der Waals surface area contributed by atoms with Gasteiger partial charge in [-0.25, -0.2) is 0 Å². The molecule has 0 bridgehead atoms. The van der Waals surface area contributed by atoms with E-state index >= 15 is 0 Å². The molecule has 1 spiro atoms. The fraction of sp³-hybridized carbons (Fsp3) is 1.00. The summed E-state index contributed by atoms with van der Waals surface area (Å²) in [5.41, 5.74) is 0.660. The van der Waals surface area contributed by atoms with Gasteiger partial charge in [0.15, 0.2) is 0 Å². The van der Waals surface area contributed by atoms with E-state index in [0.29, 0.717) is 5.41 Å². The Labute approximate surface area is 88.3 Å². The van der Waals surface area contributed by atoms with Gasteiger partial charge >= 0.3 is 0 Å². The Hall–Kier alpha value is -0.0800. The zero-order chi connectivity index (χ0) is 10.5. The molecule has 1 aliphatic heterocycles. The minimum Gasteiger partial charge on any atom is -0.306 e. The van der Waals surface area contributed by atoms with Crippen molar-refractivity contribution in [2.45, 2.75) is 39.3 Å². The number of nitrogens with zero attached hydrogens (tertiary/aromatic N) is 2. The molecule has 0 N–H and O–H groups in total. The molecule has 2 rings (SSSR count). The first kappa shape index (κ1) is 10.4. The van der Waals surface area contributed by atoms with Gasteiger partial charge in [-0.05, 0) is 40.3 Å². The first-order valence-electron chi connectivity index (χ1n) is 5.87. The van der Waals surface area contributed by atoms with Crippen molar-refractivity contribution in [2.75, 3.05) is 27.2 Å². The summed E-state index contributed by atoms with van der Waals surface area (Å²) in [6.07, 6.45) is 1.44. The third-order valence-electron chi connectivity index (χ3n) is 4.22. The highest BCUT2D eigenvalue weighted by molar-refractivity contribution is 5.12. The van der Waals surface area contributed by atoms with Crippen molar-refractivity contribution >= 4 is 0 Å². The molecule has 2 heteroatoms. The molecule has 1 saturated heterocycles. The van der Waals surface area contributed by atoms with Crippen LogP contribution in [0.25, 0.3) is 0 Å². The van der Waals surface area contributed by atoms with Crippen LogP contribution in [-0.2, 0) is 0 Å². The highest BCUT2D eigenvalue weighted by Crippen LogP contribution is 2.53. The van der Waals surface area contributed by atoms with Crippen LogP contribution in [0.5, 0.6) is 0 Å². The van der Waals surface area contributed by atoms with Crippen molar-refractivity contribution in [1.29, 1.82) is 0 Å². The molecule has 0 aromatic carbocycles. The molecule has 2 atom stereocenters. The third kappa shape index (κ3) is 1.31. The number of hydrogen-bond acceptors (Lipinski definition) is 2. The largest absolute Gasteiger partial charge is 0.306 e. The Morgan fingerprint density at radius 3 is 2.21 bits per heavy atom. The maximum atomic E-state index is 2.60. The molecule has 1 saturated carbocycles. The Morgan fingerprint density at radius 2 is 1.86 bits per heavy atom. The summed E-state index contributed by atoms with van der Waals surface area (Å²) in [5.74, 6) is 0.902. The summed E-state index contributed by atoms with van der Waals surface area (Å²) in [6, 6.07) is 1.57. The lowest BCUT2D eigenvalue weighted by atomic mass is 9.53. The highest BCUT2D eigenvalue weighted by Gasteiger charge is 2.59. The van der Waals surface area contributed by atoms with Crippen molar-refractivity contribution in [1.82, 2.24) is 9.80 Å². The molecule has 0 aromatic rings. The molecule has 2 nitrogen and oxygen atoms in total. The van der Waals surface area contributed by atoms with Gasteiger partial charge in [-0.3, -0.25) is 4.90 Å². The van der Waals surface area contributed by atoms with Crippen LogP contribution in [0.1, 0.15) is 27.2 Å². The van der Waals surface area contributed by atoms with E-state index in [0.717, 1.165) is 18.0 Å². The highest BCUT2D eigenvalue weighted by atomic mass is 15.3. The van der Waals surface area contributed by atoms with Crippen molar-refractivity contribution < 1.29 is 0 Å². The molecule has 82 valence electrons. The summed E-state index contributed by atoms with van der Waals surface area (Å²) in [6.45, 7) is 9.67. The molecular weight excluding hydrogens is 172 g/mol. The van der Waals surface area contributed by atoms with Crippen LogP contribution in [0, 0.1) is 11.3 Å². The lowest BCUT2D eigenvalue weighted by Crippen LogP contribution is -2.73. The Balaban J connectivity index is 1.95. The first-order chi connectivity index (χ1) is 6.46. The van der Waals surface area contributed by atoms with E-state index in [1.165, 1.54) is 19.5 Å². The van der Waals surface area contributed by atoms with Gasteiger partial charge in [-0.1, -0.05) is 6.92 Å². The molecule has 1 aliphatic carbocycles. The quantitative estimate of drug-likeness (QED) is 0.663. The predicted molar refractivity (Wildman–Crippen MR) is 60.4 cm³/mol. The standard InChI is InChI=1S/C12H24N2/c1-9(2)14-7-12(8-14)6-10(3)11(12)13(4)5/h9-11H,6-8H2,1-5H3. The Kier molecular flexibility index (Phi) is 2.39. The minimum absolute atomic E-state index is 0.660. The molecular formula is C12H24N2. The first-order valence-corrected chi connectivity index (χ1v) is 5.87. The molecule has 0 aromatic heterocycles. The van der Waals surface area contributed by atoms with Crippen molar-refractivity contribution in [3.8, 4) is 0 Å². The smallest absolute Gasteiger partial charge is 0.0196 e. The summed E-state index contributed by atoms with van der Waals surface area (Å²) in [7, 11) is 4.47. The average molecular weight is 196 g/mol. The summed E-state index contributed by atoms with van der Waals surface area (Å²) < 4.78 is 0. The topological polar surface area (TPSA) is 6.48 Å². The predicted octanol–water partition coefficient (Wildman–Crippen LogP) is 1.67. The summed E-state index contributed by atoms with van der Waals surface area (Å²) >= 11 is 0. The van der Waals surface area contributed by atoms with E-state index in [2.05, 4.69) is 44.7 Å². The molecule has 0 radical (unpaired) electrons. The van der Waals surface area contributed by atoms with Gasteiger partial charge in [-0.2, -0.15) is 0 Å². The van der Waals surface area contributed by atoms with Crippen LogP contribution in [0.3, 0.4) is 0 Å². The zero-order valence-corrected chi connectivity index (χ0v) is 10.2. The van der Waals surface area contributed by atoms with Gasteiger partial charge in [0.2, 0.25) is 0 Å². The van der Waals surface area contributed by atoms with E-state index in [1.54, 1.807) is 0 Å². The van der Waals surface area contributed by atoms with Gasteiger partial charge in [0.1, 0.15) is 0 Å². The Bertz CT molecular complexity index is 212. The van der Waals surface area contributed by atoms with E-state index in [9.17, 15) is 0 Å². The van der Waals surface area contributed by atoms with Crippen LogP contribution in [0.4, 0.5) is 0 Å². The second kappa shape index (κ2) is 3.21. The molecule has 2 fully saturated rings. The fourth-order valence-electron chi connectivity index (χ4n) is 3.82. The maximum absolute atomic E-state index is 2.60. The average Bonchev–Trinajstić information content (AvgIpc) is 1.92. The zero-order valence-electron chi connectivity index (χ0n) is 10.2. The van der Waals surface area contributed by atoms with Crippen LogP contribution < -0.4 is 0 Å². The van der Waals surface area contributed by atoms with E-state index in [4.69, 9.17) is 0 Å². The van der Waals surface area contributed by atoms with Gasteiger partial charge in [0.25, 0.3) is 0 Å². The van der Waals surface area contributed by atoms with Gasteiger partial charge in [-0.15, -0.1) is 0 Å². The lowest BCUT2D eigenvalue weighted by Gasteiger charge is -2.66. The van der Waals surface area contributed by atoms with Crippen LogP contribution >= 0.6 is 0 Å². The monoisotopic (exact) mass is 196 g/mol. The van der Waals surface area contributed by atoms with Crippen molar-refractivity contribution in [3.05, 3.63) is 0 Å². The lowest BCUT2D eigenvalue weighted by molar-refractivity contribution is -0.162. The van der Waals surface area contributed by atoms with Crippen LogP contribution in [0.15, 0.2) is 0 Å². The summed E-state index contributed by atoms with van der Waals surface area (Å²) in [5, 5.41) is 0. The number of hydrogen-bond donors (Lipinski definition) is 0. The van der Waals surface area contributed by atoms with Crippen molar-refractivity contribution in [3.63, 3.8) is 0 Å². The SMILES string of the molecule is CC1CC2(CN(C(C)C)C2)C1N(C)C. The van der Waals surface area contributed by atoms with Gasteiger partial charge in [0.05, 0.1) is 0 Å². The fourth-order valence-corrected chi connectivity index (χ4v) is 3.82.